The summed E-state index contributed by atoms with van der Waals surface area (Å²) in [4.78, 5) is 14.8. The number of piperidine rings is 1. The zero-order valence-corrected chi connectivity index (χ0v) is 19.5. The summed E-state index contributed by atoms with van der Waals surface area (Å²) in [6.45, 7) is 3.64. The van der Waals surface area contributed by atoms with E-state index in [0.29, 0.717) is 36.3 Å². The van der Waals surface area contributed by atoms with Crippen molar-refractivity contribution < 1.29 is 27.4 Å². The van der Waals surface area contributed by atoms with Crippen molar-refractivity contribution in [2.24, 2.45) is 5.92 Å². The van der Waals surface area contributed by atoms with Crippen LogP contribution < -0.4 is 18.9 Å². The molecule has 0 bridgehead atoms. The highest BCUT2D eigenvalue weighted by Gasteiger charge is 2.26. The van der Waals surface area contributed by atoms with Gasteiger partial charge in [-0.25, -0.2) is 13.1 Å². The number of sulfonamides is 1. The second-order valence-corrected chi connectivity index (χ2v) is 9.50. The zero-order valence-electron chi connectivity index (χ0n) is 18.7. The van der Waals surface area contributed by atoms with Crippen LogP contribution in [0, 0.1) is 5.92 Å². The van der Waals surface area contributed by atoms with Crippen LogP contribution in [0.1, 0.15) is 30.1 Å². The van der Waals surface area contributed by atoms with Crippen LogP contribution in [0.2, 0.25) is 0 Å². The van der Waals surface area contributed by atoms with Crippen molar-refractivity contribution in [2.45, 2.75) is 24.7 Å². The number of carbonyl (C=O) groups is 1. The number of methoxy groups -OCH3 is 2. The van der Waals surface area contributed by atoms with Crippen molar-refractivity contribution in [1.29, 1.82) is 0 Å². The van der Waals surface area contributed by atoms with Crippen molar-refractivity contribution in [3.8, 4) is 17.2 Å². The largest absolute Gasteiger partial charge is 0.496 e. The predicted octanol–water partition coefficient (Wildman–Crippen LogP) is 2.93. The van der Waals surface area contributed by atoms with Crippen LogP contribution in [0.5, 0.6) is 17.2 Å². The summed E-state index contributed by atoms with van der Waals surface area (Å²) < 4.78 is 44.3. The van der Waals surface area contributed by atoms with E-state index in [2.05, 4.69) is 11.6 Å². The van der Waals surface area contributed by atoms with Crippen LogP contribution in [-0.4, -0.2) is 59.7 Å². The number of ether oxygens (including phenoxy) is 3. The molecule has 174 valence electrons. The van der Waals surface area contributed by atoms with E-state index in [0.717, 1.165) is 12.8 Å². The number of benzene rings is 2. The second kappa shape index (κ2) is 10.7. The summed E-state index contributed by atoms with van der Waals surface area (Å²) in [6.07, 6.45) is 1.86. The van der Waals surface area contributed by atoms with Crippen LogP contribution in [0.3, 0.4) is 0 Å². The van der Waals surface area contributed by atoms with Gasteiger partial charge >= 0.3 is 0 Å². The Hall–Kier alpha value is -2.78. The van der Waals surface area contributed by atoms with Crippen molar-refractivity contribution >= 4 is 15.9 Å². The monoisotopic (exact) mass is 462 g/mol. The minimum Gasteiger partial charge on any atom is -0.496 e. The highest BCUT2D eigenvalue weighted by atomic mass is 32.2. The molecular formula is C23H30N2O6S. The lowest BCUT2D eigenvalue weighted by Gasteiger charge is -2.30. The summed E-state index contributed by atoms with van der Waals surface area (Å²) in [5, 5.41) is 0. The molecule has 1 aliphatic heterocycles. The van der Waals surface area contributed by atoms with Gasteiger partial charge in [-0.3, -0.25) is 4.79 Å². The quantitative estimate of drug-likeness (QED) is 0.576. The lowest BCUT2D eigenvalue weighted by Crippen LogP contribution is -2.38. The third-order valence-corrected chi connectivity index (χ3v) is 6.96. The predicted molar refractivity (Wildman–Crippen MR) is 121 cm³/mol. The maximum Gasteiger partial charge on any atom is 0.257 e. The molecular weight excluding hydrogens is 432 g/mol. The molecule has 0 radical (unpaired) electrons. The highest BCUT2D eigenvalue weighted by molar-refractivity contribution is 7.89. The van der Waals surface area contributed by atoms with E-state index in [1.807, 2.05) is 6.07 Å². The van der Waals surface area contributed by atoms with E-state index in [4.69, 9.17) is 14.2 Å². The first kappa shape index (κ1) is 23.9. The van der Waals surface area contributed by atoms with Crippen LogP contribution >= 0.6 is 0 Å². The molecule has 1 fully saturated rings. The van der Waals surface area contributed by atoms with Gasteiger partial charge in [0.25, 0.3) is 5.91 Å². The number of nitrogens with one attached hydrogen (secondary N) is 1. The molecule has 1 N–H and O–H groups in total. The first-order chi connectivity index (χ1) is 15.4. The molecule has 0 unspecified atom stereocenters. The van der Waals surface area contributed by atoms with Crippen LogP contribution in [0.25, 0.3) is 0 Å². The molecule has 0 atom stereocenters. The lowest BCUT2D eigenvalue weighted by molar-refractivity contribution is 0.0693. The Morgan fingerprint density at radius 2 is 1.69 bits per heavy atom. The SMILES string of the molecule is COc1ccccc1OCCNS(=O)(=O)c1ccc(OC)c(C(=O)N2CCC(C)CC2)c1. The summed E-state index contributed by atoms with van der Waals surface area (Å²) in [7, 11) is -0.835. The summed E-state index contributed by atoms with van der Waals surface area (Å²) in [5.41, 5.74) is 0.246. The summed E-state index contributed by atoms with van der Waals surface area (Å²) in [6, 6.07) is 11.5. The number of nitrogens with zero attached hydrogens (tertiary/aromatic N) is 1. The number of likely N-dealkylation sites (tertiary alicyclic amines) is 1. The standard InChI is InChI=1S/C23H30N2O6S/c1-17-10-13-25(14-11-17)23(26)19-16-18(8-9-20(19)29-2)32(27,28)24-12-15-31-22-7-5-4-6-21(22)30-3/h4-9,16-17,24H,10-15H2,1-3H3. The zero-order chi connectivity index (χ0) is 23.1. The molecule has 0 saturated carbocycles. The average molecular weight is 463 g/mol. The van der Waals surface area contributed by atoms with E-state index >= 15 is 0 Å². The van der Waals surface area contributed by atoms with Gasteiger partial charge in [0, 0.05) is 19.6 Å². The van der Waals surface area contributed by atoms with E-state index in [9.17, 15) is 13.2 Å². The first-order valence-corrected chi connectivity index (χ1v) is 12.1. The molecule has 9 heteroatoms. The van der Waals surface area contributed by atoms with E-state index < -0.39 is 10.0 Å². The number of hydrogen-bond donors (Lipinski definition) is 1. The van der Waals surface area contributed by atoms with Gasteiger partial charge in [0.15, 0.2) is 11.5 Å². The fraction of sp³-hybridized carbons (Fsp3) is 0.435. The third kappa shape index (κ3) is 5.72. The Balaban J connectivity index is 1.68. The molecule has 2 aromatic rings. The fourth-order valence-corrected chi connectivity index (χ4v) is 4.60. The average Bonchev–Trinajstić information content (AvgIpc) is 2.81. The van der Waals surface area contributed by atoms with Crippen LogP contribution in [-0.2, 0) is 10.0 Å². The lowest BCUT2D eigenvalue weighted by atomic mass is 9.98. The van der Waals surface area contributed by atoms with E-state index in [1.54, 1.807) is 23.1 Å². The Bertz CT molecular complexity index is 1030. The normalized spacial score (nSPS) is 14.8. The number of carbonyl (C=O) groups excluding carboxylic acids is 1. The first-order valence-electron chi connectivity index (χ1n) is 10.6. The minimum atomic E-state index is -3.84. The second-order valence-electron chi connectivity index (χ2n) is 7.73. The van der Waals surface area contributed by atoms with Gasteiger partial charge in [0.2, 0.25) is 10.0 Å². The smallest absolute Gasteiger partial charge is 0.257 e. The topological polar surface area (TPSA) is 94.2 Å². The van der Waals surface area contributed by atoms with Crippen molar-refractivity contribution in [1.82, 2.24) is 9.62 Å². The maximum absolute atomic E-state index is 13.0. The molecule has 0 aliphatic carbocycles. The van der Waals surface area contributed by atoms with Gasteiger partial charge in [0.1, 0.15) is 12.4 Å². The molecule has 1 aliphatic rings. The molecule has 0 aromatic heterocycles. The van der Waals surface area contributed by atoms with Crippen LogP contribution in [0.15, 0.2) is 47.4 Å². The Morgan fingerprint density at radius 1 is 1.03 bits per heavy atom. The summed E-state index contributed by atoms with van der Waals surface area (Å²) in [5.74, 6) is 1.82. The number of amides is 1. The third-order valence-electron chi connectivity index (χ3n) is 5.50. The van der Waals surface area contributed by atoms with Gasteiger partial charge in [0.05, 0.1) is 24.7 Å². The fourth-order valence-electron chi connectivity index (χ4n) is 3.56. The molecule has 32 heavy (non-hydrogen) atoms. The Labute approximate surface area is 189 Å². The summed E-state index contributed by atoms with van der Waals surface area (Å²) >= 11 is 0. The van der Waals surface area contributed by atoms with Crippen molar-refractivity contribution in [3.63, 3.8) is 0 Å². The molecule has 1 amide bonds. The van der Waals surface area contributed by atoms with Crippen molar-refractivity contribution in [3.05, 3.63) is 48.0 Å². The van der Waals surface area contributed by atoms with Gasteiger partial charge in [-0.15, -0.1) is 0 Å². The van der Waals surface area contributed by atoms with Gasteiger partial charge < -0.3 is 19.1 Å². The Morgan fingerprint density at radius 3 is 2.34 bits per heavy atom. The van der Waals surface area contributed by atoms with E-state index in [-0.39, 0.29) is 29.5 Å². The molecule has 1 saturated heterocycles. The maximum atomic E-state index is 13.0. The van der Waals surface area contributed by atoms with Gasteiger partial charge in [-0.1, -0.05) is 19.1 Å². The number of rotatable bonds is 9. The Kier molecular flexibility index (Phi) is 7.98. The molecule has 1 heterocycles. The van der Waals surface area contributed by atoms with Gasteiger partial charge in [-0.05, 0) is 49.1 Å². The molecule has 2 aromatic carbocycles. The highest BCUT2D eigenvalue weighted by Crippen LogP contribution is 2.27. The number of hydrogen-bond acceptors (Lipinski definition) is 6. The minimum absolute atomic E-state index is 0.00400. The molecule has 0 spiro atoms. The molecule has 3 rings (SSSR count). The van der Waals surface area contributed by atoms with E-state index in [1.165, 1.54) is 32.4 Å². The molecule has 8 nitrogen and oxygen atoms in total. The van der Waals surface area contributed by atoms with Crippen LogP contribution in [0.4, 0.5) is 0 Å². The number of para-hydroxylation sites is 2. The van der Waals surface area contributed by atoms with Crippen molar-refractivity contribution in [2.75, 3.05) is 40.5 Å². The van der Waals surface area contributed by atoms with Gasteiger partial charge in [-0.2, -0.15) is 0 Å².